The summed E-state index contributed by atoms with van der Waals surface area (Å²) < 4.78 is 0. The number of thiophene rings is 1. The monoisotopic (exact) mass is 326 g/mol. The SMILES string of the molecule is CC(C)(C)c1c[c-]cs1.[Re]. The van der Waals surface area contributed by atoms with Gasteiger partial charge in [0.1, 0.15) is 0 Å². The summed E-state index contributed by atoms with van der Waals surface area (Å²) in [5.74, 6) is 0. The van der Waals surface area contributed by atoms with Gasteiger partial charge in [-0.3, -0.25) is 11.3 Å². The molecule has 0 nitrogen and oxygen atoms in total. The molecule has 0 atom stereocenters. The van der Waals surface area contributed by atoms with Crippen molar-refractivity contribution in [1.82, 2.24) is 0 Å². The van der Waals surface area contributed by atoms with Crippen molar-refractivity contribution in [3.8, 4) is 0 Å². The Balaban J connectivity index is 0.000000810. The van der Waals surface area contributed by atoms with Crippen LogP contribution in [0.25, 0.3) is 0 Å². The minimum Gasteiger partial charge on any atom is -0.269 e. The third-order valence-electron chi connectivity index (χ3n) is 1.21. The van der Waals surface area contributed by atoms with Gasteiger partial charge in [0, 0.05) is 20.4 Å². The molecule has 0 saturated carbocycles. The van der Waals surface area contributed by atoms with E-state index in [0.717, 1.165) is 0 Å². The van der Waals surface area contributed by atoms with Crippen LogP contribution in [-0.4, -0.2) is 0 Å². The molecular formula is C8H11ReS-. The quantitative estimate of drug-likeness (QED) is 0.644. The summed E-state index contributed by atoms with van der Waals surface area (Å²) in [6.45, 7) is 6.64. The smallest absolute Gasteiger partial charge is 0 e. The first kappa shape index (κ1) is 10.4. The molecule has 1 aromatic rings. The maximum Gasteiger partial charge on any atom is 0 e. The van der Waals surface area contributed by atoms with Crippen molar-refractivity contribution >= 4 is 11.3 Å². The predicted molar refractivity (Wildman–Crippen MR) is 41.9 cm³/mol. The van der Waals surface area contributed by atoms with E-state index in [1.54, 1.807) is 11.3 Å². The zero-order valence-electron chi connectivity index (χ0n) is 6.44. The second kappa shape index (κ2) is 3.67. The van der Waals surface area contributed by atoms with Crippen molar-refractivity contribution in [2.24, 2.45) is 0 Å². The second-order valence-electron chi connectivity index (χ2n) is 3.16. The molecule has 2 heteroatoms. The summed E-state index contributed by atoms with van der Waals surface area (Å²) in [7, 11) is 0. The molecule has 0 spiro atoms. The van der Waals surface area contributed by atoms with E-state index in [1.807, 2.05) is 5.38 Å². The Kier molecular flexibility index (Phi) is 3.80. The Morgan fingerprint density at radius 3 is 2.20 bits per heavy atom. The number of hydrogen-bond acceptors (Lipinski definition) is 1. The topological polar surface area (TPSA) is 0 Å². The van der Waals surface area contributed by atoms with Gasteiger partial charge >= 0.3 is 0 Å². The van der Waals surface area contributed by atoms with Gasteiger partial charge in [-0.2, -0.15) is 0 Å². The van der Waals surface area contributed by atoms with Crippen LogP contribution in [0.15, 0.2) is 11.4 Å². The first-order valence-electron chi connectivity index (χ1n) is 3.06. The Morgan fingerprint density at radius 1 is 1.40 bits per heavy atom. The Labute approximate surface area is 80.3 Å². The molecule has 1 radical (unpaired) electrons. The number of rotatable bonds is 0. The molecule has 57 valence electrons. The molecule has 0 N–H and O–H groups in total. The van der Waals surface area contributed by atoms with E-state index in [2.05, 4.69) is 32.9 Å². The van der Waals surface area contributed by atoms with Crippen LogP contribution in [0.1, 0.15) is 25.6 Å². The standard InChI is InChI=1S/C8H11S.Re/c1-8(2,3)7-5-4-6-9-7;/h5-6H,1-3H3;/q-1;. The predicted octanol–water partition coefficient (Wildman–Crippen LogP) is 2.84. The average molecular weight is 325 g/mol. The van der Waals surface area contributed by atoms with Gasteiger partial charge in [0.25, 0.3) is 0 Å². The third-order valence-corrected chi connectivity index (χ3v) is 2.45. The second-order valence-corrected chi connectivity index (χ2v) is 4.07. The van der Waals surface area contributed by atoms with Crippen molar-refractivity contribution in [1.29, 1.82) is 0 Å². The van der Waals surface area contributed by atoms with Gasteiger partial charge in [0.15, 0.2) is 0 Å². The molecule has 1 heterocycles. The van der Waals surface area contributed by atoms with Crippen molar-refractivity contribution in [2.45, 2.75) is 26.2 Å². The van der Waals surface area contributed by atoms with E-state index >= 15 is 0 Å². The van der Waals surface area contributed by atoms with Crippen molar-refractivity contribution in [3.63, 3.8) is 0 Å². The van der Waals surface area contributed by atoms with E-state index in [9.17, 15) is 0 Å². The first-order valence-corrected chi connectivity index (χ1v) is 3.94. The van der Waals surface area contributed by atoms with E-state index in [4.69, 9.17) is 0 Å². The molecule has 0 aliphatic heterocycles. The maximum atomic E-state index is 3.05. The van der Waals surface area contributed by atoms with Crippen LogP contribution in [0, 0.1) is 6.07 Å². The fraction of sp³-hybridized carbons (Fsp3) is 0.500. The van der Waals surface area contributed by atoms with Gasteiger partial charge in [-0.1, -0.05) is 26.2 Å². The average Bonchev–Trinajstić information content (AvgIpc) is 2.08. The van der Waals surface area contributed by atoms with Crippen LogP contribution in [0.3, 0.4) is 0 Å². The van der Waals surface area contributed by atoms with Crippen LogP contribution in [0.2, 0.25) is 0 Å². The fourth-order valence-electron chi connectivity index (χ4n) is 0.635. The van der Waals surface area contributed by atoms with Crippen LogP contribution in [-0.2, 0) is 25.8 Å². The van der Waals surface area contributed by atoms with Crippen LogP contribution in [0.5, 0.6) is 0 Å². The van der Waals surface area contributed by atoms with E-state index in [0.29, 0.717) is 5.41 Å². The largest absolute Gasteiger partial charge is 0.269 e. The molecule has 0 bridgehead atoms. The van der Waals surface area contributed by atoms with Crippen molar-refractivity contribution in [2.75, 3.05) is 0 Å². The van der Waals surface area contributed by atoms with Crippen LogP contribution < -0.4 is 0 Å². The number of hydrogen-bond donors (Lipinski definition) is 0. The van der Waals surface area contributed by atoms with E-state index in [-0.39, 0.29) is 20.4 Å². The molecule has 0 unspecified atom stereocenters. The van der Waals surface area contributed by atoms with Crippen LogP contribution >= 0.6 is 11.3 Å². The van der Waals surface area contributed by atoms with Crippen molar-refractivity contribution < 1.29 is 20.4 Å². The molecule has 1 aromatic heterocycles. The third kappa shape index (κ3) is 2.54. The van der Waals surface area contributed by atoms with Crippen molar-refractivity contribution in [3.05, 3.63) is 22.4 Å². The molecule has 0 fully saturated rings. The normalized spacial score (nSPS) is 10.7. The molecule has 0 aromatic carbocycles. The molecule has 0 amide bonds. The fourth-order valence-corrected chi connectivity index (χ4v) is 1.39. The molecule has 10 heavy (non-hydrogen) atoms. The minimum atomic E-state index is 0. The summed E-state index contributed by atoms with van der Waals surface area (Å²) >= 11 is 1.77. The Bertz CT molecular complexity index is 172. The van der Waals surface area contributed by atoms with Crippen LogP contribution in [0.4, 0.5) is 0 Å². The molecule has 0 saturated heterocycles. The van der Waals surface area contributed by atoms with Gasteiger partial charge in [-0.25, -0.2) is 12.1 Å². The van der Waals surface area contributed by atoms with Gasteiger partial charge in [-0.05, 0) is 0 Å². The van der Waals surface area contributed by atoms with Gasteiger partial charge in [0.2, 0.25) is 0 Å². The van der Waals surface area contributed by atoms with Gasteiger partial charge in [0.05, 0.1) is 0 Å². The molecule has 1 rings (SSSR count). The summed E-state index contributed by atoms with van der Waals surface area (Å²) in [5, 5.41) is 2.00. The maximum absolute atomic E-state index is 3.05. The molecule has 0 aliphatic rings. The van der Waals surface area contributed by atoms with Gasteiger partial charge < -0.3 is 0 Å². The van der Waals surface area contributed by atoms with E-state index < -0.39 is 0 Å². The summed E-state index contributed by atoms with van der Waals surface area (Å²) in [6, 6.07) is 5.11. The zero-order chi connectivity index (χ0) is 6.91. The zero-order valence-corrected chi connectivity index (χ0v) is 9.97. The Morgan fingerprint density at radius 2 is 2.00 bits per heavy atom. The molecule has 0 aliphatic carbocycles. The molecular weight excluding hydrogens is 314 g/mol. The summed E-state index contributed by atoms with van der Waals surface area (Å²) in [6.07, 6.45) is 0. The summed E-state index contributed by atoms with van der Waals surface area (Å²) in [5.41, 5.74) is 0.310. The van der Waals surface area contributed by atoms with Gasteiger partial charge in [-0.15, -0.1) is 10.3 Å². The van der Waals surface area contributed by atoms with E-state index in [1.165, 1.54) is 4.88 Å². The minimum absolute atomic E-state index is 0. The Hall–Kier alpha value is 0.362. The first-order chi connectivity index (χ1) is 4.11. The summed E-state index contributed by atoms with van der Waals surface area (Å²) in [4.78, 5) is 1.41.